The molecule has 3 N–H and O–H groups in total. The van der Waals surface area contributed by atoms with Crippen LogP contribution in [0.3, 0.4) is 0 Å². The highest BCUT2D eigenvalue weighted by Crippen LogP contribution is 2.18. The van der Waals surface area contributed by atoms with E-state index in [1.807, 2.05) is 0 Å². The molecule has 1 rings (SSSR count). The third-order valence-corrected chi connectivity index (χ3v) is 2.65. The van der Waals surface area contributed by atoms with Crippen molar-refractivity contribution in [3.63, 3.8) is 0 Å². The third-order valence-electron chi connectivity index (χ3n) is 2.65. The third kappa shape index (κ3) is 5.92. The number of amides is 1. The summed E-state index contributed by atoms with van der Waals surface area (Å²) in [6.07, 6.45) is -4.33. The van der Waals surface area contributed by atoms with Crippen molar-refractivity contribution in [1.82, 2.24) is 4.90 Å². The molecule has 0 aliphatic carbocycles. The molecule has 1 aromatic carbocycles. The molecule has 112 valence electrons. The van der Waals surface area contributed by atoms with Gasteiger partial charge in [0.05, 0.1) is 13.1 Å². The molecule has 0 saturated carbocycles. The second-order valence-corrected chi connectivity index (χ2v) is 4.78. The first-order chi connectivity index (χ1) is 9.17. The number of rotatable bonds is 5. The number of nitrogens with two attached hydrogens (primary N) is 1. The molecule has 20 heavy (non-hydrogen) atoms. The Kier molecular flexibility index (Phi) is 5.38. The zero-order valence-electron chi connectivity index (χ0n) is 11.4. The monoisotopic (exact) mass is 289 g/mol. The van der Waals surface area contributed by atoms with Crippen LogP contribution in [-0.4, -0.2) is 36.1 Å². The Hall–Kier alpha value is -1.76. The molecule has 1 amide bonds. The van der Waals surface area contributed by atoms with E-state index in [4.69, 9.17) is 5.73 Å². The minimum atomic E-state index is -4.33. The number of halogens is 3. The van der Waals surface area contributed by atoms with Gasteiger partial charge in [0.1, 0.15) is 0 Å². The van der Waals surface area contributed by atoms with Crippen molar-refractivity contribution in [3.8, 4) is 0 Å². The van der Waals surface area contributed by atoms with Crippen LogP contribution in [0.25, 0.3) is 0 Å². The molecule has 0 bridgehead atoms. The fourth-order valence-corrected chi connectivity index (χ4v) is 1.60. The van der Waals surface area contributed by atoms with E-state index in [2.05, 4.69) is 5.32 Å². The lowest BCUT2D eigenvalue weighted by Gasteiger charge is -2.26. The SMILES string of the molecule is CC(C)N(CC(=O)Nc1ccc(N)cc1)CC(F)(F)F. The highest BCUT2D eigenvalue weighted by Gasteiger charge is 2.32. The van der Waals surface area contributed by atoms with E-state index >= 15 is 0 Å². The molecule has 0 aliphatic heterocycles. The number of carbonyl (C=O) groups excluding carboxylic acids is 1. The number of anilines is 2. The van der Waals surface area contributed by atoms with Crippen LogP contribution < -0.4 is 11.1 Å². The maximum Gasteiger partial charge on any atom is 0.401 e. The molecule has 0 saturated heterocycles. The van der Waals surface area contributed by atoms with Gasteiger partial charge in [-0.05, 0) is 38.1 Å². The van der Waals surface area contributed by atoms with Gasteiger partial charge in [-0.3, -0.25) is 9.69 Å². The molecule has 0 unspecified atom stereocenters. The molecule has 0 aliphatic rings. The van der Waals surface area contributed by atoms with Crippen LogP contribution in [0.2, 0.25) is 0 Å². The van der Waals surface area contributed by atoms with Gasteiger partial charge in [-0.25, -0.2) is 0 Å². The molecule has 0 aromatic heterocycles. The maximum absolute atomic E-state index is 12.4. The summed E-state index contributed by atoms with van der Waals surface area (Å²) in [5, 5.41) is 2.54. The van der Waals surface area contributed by atoms with E-state index in [1.54, 1.807) is 38.1 Å². The smallest absolute Gasteiger partial charge is 0.399 e. The van der Waals surface area contributed by atoms with Crippen molar-refractivity contribution >= 4 is 17.3 Å². The second-order valence-electron chi connectivity index (χ2n) is 4.78. The Bertz CT molecular complexity index is 443. The van der Waals surface area contributed by atoms with Gasteiger partial charge in [0, 0.05) is 17.4 Å². The van der Waals surface area contributed by atoms with Crippen molar-refractivity contribution in [2.75, 3.05) is 24.1 Å². The average molecular weight is 289 g/mol. The topological polar surface area (TPSA) is 58.4 Å². The number of nitrogen functional groups attached to an aromatic ring is 1. The summed E-state index contributed by atoms with van der Waals surface area (Å²) in [4.78, 5) is 12.8. The van der Waals surface area contributed by atoms with Crippen LogP contribution in [0, 0.1) is 0 Å². The minimum Gasteiger partial charge on any atom is -0.399 e. The van der Waals surface area contributed by atoms with Gasteiger partial charge in [-0.2, -0.15) is 13.2 Å². The van der Waals surface area contributed by atoms with Gasteiger partial charge in [0.2, 0.25) is 5.91 Å². The quantitative estimate of drug-likeness (QED) is 0.819. The number of benzene rings is 1. The predicted octanol–water partition coefficient (Wildman–Crippen LogP) is 2.48. The van der Waals surface area contributed by atoms with E-state index in [9.17, 15) is 18.0 Å². The summed E-state index contributed by atoms with van der Waals surface area (Å²) in [6.45, 7) is 1.80. The highest BCUT2D eigenvalue weighted by molar-refractivity contribution is 5.92. The largest absolute Gasteiger partial charge is 0.401 e. The van der Waals surface area contributed by atoms with E-state index in [0.717, 1.165) is 4.90 Å². The van der Waals surface area contributed by atoms with Crippen molar-refractivity contribution < 1.29 is 18.0 Å². The first-order valence-electron chi connectivity index (χ1n) is 6.13. The van der Waals surface area contributed by atoms with Gasteiger partial charge in [-0.1, -0.05) is 0 Å². The number of nitrogens with zero attached hydrogens (tertiary/aromatic N) is 1. The molecule has 0 fully saturated rings. The Morgan fingerprint density at radius 3 is 2.30 bits per heavy atom. The summed E-state index contributed by atoms with van der Waals surface area (Å²) in [7, 11) is 0. The zero-order valence-corrected chi connectivity index (χ0v) is 11.4. The molecule has 0 heterocycles. The number of nitrogens with one attached hydrogen (secondary N) is 1. The van der Waals surface area contributed by atoms with Crippen molar-refractivity contribution in [1.29, 1.82) is 0 Å². The van der Waals surface area contributed by atoms with Gasteiger partial charge < -0.3 is 11.1 Å². The molecule has 0 atom stereocenters. The van der Waals surface area contributed by atoms with Crippen molar-refractivity contribution in [3.05, 3.63) is 24.3 Å². The van der Waals surface area contributed by atoms with E-state index in [1.165, 1.54) is 0 Å². The van der Waals surface area contributed by atoms with Gasteiger partial charge in [0.15, 0.2) is 0 Å². The highest BCUT2D eigenvalue weighted by atomic mass is 19.4. The summed E-state index contributed by atoms with van der Waals surface area (Å²) in [6, 6.07) is 6.01. The first-order valence-corrected chi connectivity index (χ1v) is 6.13. The van der Waals surface area contributed by atoms with Crippen LogP contribution in [0.1, 0.15) is 13.8 Å². The summed E-state index contributed by atoms with van der Waals surface area (Å²) in [5.74, 6) is -0.493. The minimum absolute atomic E-state index is 0.318. The Labute approximate surface area is 115 Å². The van der Waals surface area contributed by atoms with Crippen LogP contribution in [0.4, 0.5) is 24.5 Å². The van der Waals surface area contributed by atoms with E-state index < -0.39 is 18.6 Å². The van der Waals surface area contributed by atoms with Gasteiger partial charge >= 0.3 is 6.18 Å². The van der Waals surface area contributed by atoms with Crippen LogP contribution in [0.5, 0.6) is 0 Å². The van der Waals surface area contributed by atoms with Crippen LogP contribution in [0.15, 0.2) is 24.3 Å². The van der Waals surface area contributed by atoms with Crippen LogP contribution in [-0.2, 0) is 4.79 Å². The molecule has 0 radical (unpaired) electrons. The Morgan fingerprint density at radius 1 is 1.30 bits per heavy atom. The lowest BCUT2D eigenvalue weighted by molar-refractivity contribution is -0.151. The number of alkyl halides is 3. The summed E-state index contributed by atoms with van der Waals surface area (Å²) >= 11 is 0. The van der Waals surface area contributed by atoms with Crippen LogP contribution >= 0.6 is 0 Å². The Balaban J connectivity index is 2.60. The molecule has 7 heteroatoms. The zero-order chi connectivity index (χ0) is 15.3. The van der Waals surface area contributed by atoms with E-state index in [-0.39, 0.29) is 12.6 Å². The molecular formula is C13H18F3N3O. The number of hydrogen-bond acceptors (Lipinski definition) is 3. The lowest BCUT2D eigenvalue weighted by Crippen LogP contribution is -2.43. The predicted molar refractivity (Wildman–Crippen MR) is 72.2 cm³/mol. The van der Waals surface area contributed by atoms with Gasteiger partial charge in [0.25, 0.3) is 0 Å². The summed E-state index contributed by atoms with van der Waals surface area (Å²) < 4.78 is 37.2. The number of carbonyl (C=O) groups is 1. The summed E-state index contributed by atoms with van der Waals surface area (Å²) in [5.41, 5.74) is 6.55. The fourth-order valence-electron chi connectivity index (χ4n) is 1.60. The molecular weight excluding hydrogens is 271 g/mol. The first kappa shape index (κ1) is 16.3. The second kappa shape index (κ2) is 6.60. The Morgan fingerprint density at radius 2 is 1.85 bits per heavy atom. The standard InChI is InChI=1S/C13H18F3N3O/c1-9(2)19(8-13(14,15)16)7-12(20)18-11-5-3-10(17)4-6-11/h3-6,9H,7-8,17H2,1-2H3,(H,18,20). The van der Waals surface area contributed by atoms with Gasteiger partial charge in [-0.15, -0.1) is 0 Å². The molecule has 0 spiro atoms. The molecule has 4 nitrogen and oxygen atoms in total. The lowest BCUT2D eigenvalue weighted by atomic mass is 10.2. The fraction of sp³-hybridized carbons (Fsp3) is 0.462. The molecule has 1 aromatic rings. The van der Waals surface area contributed by atoms with E-state index in [0.29, 0.717) is 11.4 Å². The van der Waals surface area contributed by atoms with Crippen molar-refractivity contribution in [2.45, 2.75) is 26.1 Å². The normalized spacial score (nSPS) is 11.9. The van der Waals surface area contributed by atoms with Crippen molar-refractivity contribution in [2.24, 2.45) is 0 Å². The average Bonchev–Trinajstić information content (AvgIpc) is 2.29. The maximum atomic E-state index is 12.4. The number of hydrogen-bond donors (Lipinski definition) is 2.